The van der Waals surface area contributed by atoms with Gasteiger partial charge in [-0.15, -0.1) is 0 Å². The second-order valence-electron chi connectivity index (χ2n) is 15.6. The van der Waals surface area contributed by atoms with Gasteiger partial charge in [-0.2, -0.15) is 0 Å². The molecule has 282 valence electrons. The number of rotatable bonds is 8. The summed E-state index contributed by atoms with van der Waals surface area (Å²) < 4.78 is 0. The predicted molar refractivity (Wildman–Crippen MR) is 252 cm³/mol. The van der Waals surface area contributed by atoms with Gasteiger partial charge in [0.15, 0.2) is 0 Å². The number of hydrogen-bond donors (Lipinski definition) is 0. The maximum Gasteiger partial charge on any atom is 0.0720 e. The summed E-state index contributed by atoms with van der Waals surface area (Å²) in [4.78, 5) is 2.53. The van der Waals surface area contributed by atoms with Crippen molar-refractivity contribution in [1.29, 1.82) is 0 Å². The largest absolute Gasteiger partial charge is 0.309 e. The zero-order valence-corrected chi connectivity index (χ0v) is 33.1. The monoisotopic (exact) mass is 763 g/mol. The fraction of sp³-hybridized carbons (Fsp3) is 0.0169. The predicted octanol–water partition coefficient (Wildman–Crippen LogP) is 15.7. The van der Waals surface area contributed by atoms with Crippen LogP contribution >= 0.6 is 0 Å². The molecule has 0 saturated carbocycles. The minimum atomic E-state index is -0.599. The minimum Gasteiger partial charge on any atom is -0.309 e. The third-order valence-electron chi connectivity index (χ3n) is 12.3. The van der Waals surface area contributed by atoms with Gasteiger partial charge in [-0.3, -0.25) is 0 Å². The third-order valence-corrected chi connectivity index (χ3v) is 12.3. The van der Waals surface area contributed by atoms with Gasteiger partial charge in [0.25, 0.3) is 0 Å². The van der Waals surface area contributed by atoms with Crippen LogP contribution in [0, 0.1) is 0 Å². The molecule has 0 fully saturated rings. The Labute approximate surface area is 352 Å². The highest BCUT2D eigenvalue weighted by atomic mass is 15.1. The van der Waals surface area contributed by atoms with Gasteiger partial charge in [-0.05, 0) is 90.7 Å². The van der Waals surface area contributed by atoms with Crippen LogP contribution in [0.15, 0.2) is 249 Å². The zero-order chi connectivity index (χ0) is 39.9. The second-order valence-corrected chi connectivity index (χ2v) is 15.6. The molecule has 0 saturated heterocycles. The van der Waals surface area contributed by atoms with Crippen molar-refractivity contribution in [2.45, 2.75) is 5.41 Å². The fourth-order valence-corrected chi connectivity index (χ4v) is 9.78. The molecule has 0 N–H and O–H groups in total. The van der Waals surface area contributed by atoms with Crippen molar-refractivity contribution in [2.24, 2.45) is 0 Å². The van der Waals surface area contributed by atoms with Crippen LogP contribution < -0.4 is 4.90 Å². The Kier molecular flexibility index (Phi) is 8.79. The van der Waals surface area contributed by atoms with Crippen LogP contribution in [0.2, 0.25) is 0 Å². The number of anilines is 3. The molecule has 11 rings (SSSR count). The Morgan fingerprint density at radius 1 is 0.283 bits per heavy atom. The first-order valence-corrected chi connectivity index (χ1v) is 20.8. The molecule has 10 aromatic carbocycles. The first kappa shape index (κ1) is 35.4. The van der Waals surface area contributed by atoms with Crippen LogP contribution in [0.4, 0.5) is 17.1 Å². The Balaban J connectivity index is 1.31. The van der Waals surface area contributed by atoms with E-state index in [0.717, 1.165) is 17.1 Å². The van der Waals surface area contributed by atoms with Crippen molar-refractivity contribution in [3.8, 4) is 44.5 Å². The maximum absolute atomic E-state index is 2.53. The van der Waals surface area contributed by atoms with Crippen molar-refractivity contribution in [3.63, 3.8) is 0 Å². The summed E-state index contributed by atoms with van der Waals surface area (Å²) in [7, 11) is 0. The molecule has 0 aliphatic heterocycles. The molecule has 1 aliphatic carbocycles. The van der Waals surface area contributed by atoms with Gasteiger partial charge in [-0.25, -0.2) is 0 Å². The van der Waals surface area contributed by atoms with Gasteiger partial charge >= 0.3 is 0 Å². The van der Waals surface area contributed by atoms with Crippen LogP contribution in [0.1, 0.15) is 22.3 Å². The summed E-state index contributed by atoms with van der Waals surface area (Å²) in [6.07, 6.45) is 0. The molecule has 1 nitrogen and oxygen atoms in total. The summed E-state index contributed by atoms with van der Waals surface area (Å²) in [5.41, 5.74) is 17.5. The SMILES string of the molecule is c1ccc(-c2ccc(N(c3ccc(-c4ccccc4)cc3)c3c4c(c5ccccc5c3-c3ccccc3)C(c3ccccc3)(c3ccccc3)c3ccccc3-4)cc2)cc1. The van der Waals surface area contributed by atoms with E-state index in [9.17, 15) is 0 Å². The molecule has 0 aromatic heterocycles. The van der Waals surface area contributed by atoms with Gasteiger partial charge in [-0.1, -0.05) is 224 Å². The number of nitrogens with zero attached hydrogens (tertiary/aromatic N) is 1. The second kappa shape index (κ2) is 14.9. The fourth-order valence-electron chi connectivity index (χ4n) is 9.78. The van der Waals surface area contributed by atoms with Crippen LogP contribution in [0.25, 0.3) is 55.3 Å². The van der Waals surface area contributed by atoms with Crippen molar-refractivity contribution in [1.82, 2.24) is 0 Å². The van der Waals surface area contributed by atoms with E-state index in [4.69, 9.17) is 0 Å². The van der Waals surface area contributed by atoms with Crippen LogP contribution in [0.5, 0.6) is 0 Å². The van der Waals surface area contributed by atoms with Crippen LogP contribution in [0.3, 0.4) is 0 Å². The van der Waals surface area contributed by atoms with Crippen molar-refractivity contribution in [3.05, 3.63) is 271 Å². The van der Waals surface area contributed by atoms with Crippen LogP contribution in [-0.4, -0.2) is 0 Å². The van der Waals surface area contributed by atoms with Gasteiger partial charge in [0.05, 0.1) is 11.1 Å². The molecule has 0 amide bonds. The number of hydrogen-bond acceptors (Lipinski definition) is 1. The van der Waals surface area contributed by atoms with E-state index in [1.807, 2.05) is 0 Å². The molecule has 0 atom stereocenters. The molecular weight excluding hydrogens is 723 g/mol. The zero-order valence-electron chi connectivity index (χ0n) is 33.1. The van der Waals surface area contributed by atoms with E-state index in [1.54, 1.807) is 0 Å². The van der Waals surface area contributed by atoms with Crippen molar-refractivity contribution >= 4 is 27.8 Å². The Morgan fingerprint density at radius 2 is 0.667 bits per heavy atom. The minimum absolute atomic E-state index is 0.599. The average molecular weight is 764 g/mol. The average Bonchev–Trinajstić information content (AvgIpc) is 3.65. The molecule has 0 unspecified atom stereocenters. The van der Waals surface area contributed by atoms with Gasteiger partial charge < -0.3 is 4.90 Å². The Morgan fingerprint density at radius 3 is 1.17 bits per heavy atom. The van der Waals surface area contributed by atoms with E-state index < -0.39 is 5.41 Å². The first-order valence-electron chi connectivity index (χ1n) is 20.8. The molecule has 1 aliphatic rings. The number of benzene rings is 10. The lowest BCUT2D eigenvalue weighted by Gasteiger charge is -2.36. The third kappa shape index (κ3) is 5.70. The van der Waals surface area contributed by atoms with Crippen molar-refractivity contribution in [2.75, 3.05) is 4.90 Å². The normalized spacial score (nSPS) is 12.5. The summed E-state index contributed by atoms with van der Waals surface area (Å²) in [5, 5.41) is 2.46. The number of fused-ring (bicyclic) bond motifs is 5. The Bertz CT molecular complexity index is 2960. The molecule has 0 radical (unpaired) electrons. The molecule has 0 spiro atoms. The lowest BCUT2D eigenvalue weighted by atomic mass is 9.66. The van der Waals surface area contributed by atoms with Gasteiger partial charge in [0, 0.05) is 22.5 Å². The maximum atomic E-state index is 2.53. The molecule has 10 aromatic rings. The molecule has 1 heteroatoms. The topological polar surface area (TPSA) is 3.24 Å². The van der Waals surface area contributed by atoms with Gasteiger partial charge in [0.2, 0.25) is 0 Å². The summed E-state index contributed by atoms with van der Waals surface area (Å²) >= 11 is 0. The van der Waals surface area contributed by atoms with E-state index >= 15 is 0 Å². The quantitative estimate of drug-likeness (QED) is 0.149. The Hall–Kier alpha value is -7.74. The van der Waals surface area contributed by atoms with E-state index in [0.29, 0.717) is 0 Å². The van der Waals surface area contributed by atoms with Gasteiger partial charge in [0.1, 0.15) is 0 Å². The molecular formula is C59H41N. The molecule has 0 heterocycles. The molecule has 0 bridgehead atoms. The van der Waals surface area contributed by atoms with E-state index in [-0.39, 0.29) is 0 Å². The summed E-state index contributed by atoms with van der Waals surface area (Å²) in [5.74, 6) is 0. The standard InChI is InChI=1S/C59H41N/c1-6-20-42(21-7-1)44-34-38-49(39-35-44)60(50-40-36-45(37-41-50)43-22-8-2-9-23-43)58-55(46-24-10-3-11-25-46)51-30-16-17-31-52(51)57-56(58)53-32-18-19-33-54(53)59(57,47-26-12-4-13-27-47)48-28-14-5-15-29-48/h1-41H. The van der Waals surface area contributed by atoms with Crippen molar-refractivity contribution < 1.29 is 0 Å². The first-order chi connectivity index (χ1) is 29.8. The lowest BCUT2D eigenvalue weighted by Crippen LogP contribution is -2.29. The molecule has 60 heavy (non-hydrogen) atoms. The highest BCUT2D eigenvalue weighted by molar-refractivity contribution is 6.16. The van der Waals surface area contributed by atoms with Crippen LogP contribution in [-0.2, 0) is 5.41 Å². The summed E-state index contributed by atoms with van der Waals surface area (Å²) in [6.45, 7) is 0. The smallest absolute Gasteiger partial charge is 0.0720 e. The lowest BCUT2D eigenvalue weighted by molar-refractivity contribution is 0.775. The highest BCUT2D eigenvalue weighted by Crippen LogP contribution is 2.63. The highest BCUT2D eigenvalue weighted by Gasteiger charge is 2.49. The van der Waals surface area contributed by atoms with E-state index in [1.165, 1.54) is 77.5 Å². The summed E-state index contributed by atoms with van der Waals surface area (Å²) in [6, 6.07) is 91.1. The van der Waals surface area contributed by atoms with E-state index in [2.05, 4.69) is 254 Å².